The monoisotopic (exact) mass is 292 g/mol. The Labute approximate surface area is 130 Å². The molecule has 0 saturated heterocycles. The average Bonchev–Trinajstić information content (AvgIpc) is 2.50. The van der Waals surface area contributed by atoms with Gasteiger partial charge >= 0.3 is 0 Å². The fourth-order valence-corrected chi connectivity index (χ4v) is 2.50. The number of anilines is 1. The van der Waals surface area contributed by atoms with Gasteiger partial charge in [0.2, 0.25) is 5.88 Å². The molecule has 0 amide bonds. The summed E-state index contributed by atoms with van der Waals surface area (Å²) in [6.07, 6.45) is 12.2. The summed E-state index contributed by atoms with van der Waals surface area (Å²) in [5.74, 6) is 0.705. The average molecular weight is 292 g/mol. The van der Waals surface area contributed by atoms with Crippen LogP contribution >= 0.6 is 0 Å². The van der Waals surface area contributed by atoms with Crippen LogP contribution in [0, 0.1) is 0 Å². The van der Waals surface area contributed by atoms with Crippen molar-refractivity contribution in [2.45, 2.75) is 78.2 Å². The van der Waals surface area contributed by atoms with Gasteiger partial charge in [0.1, 0.15) is 0 Å². The minimum atomic E-state index is 0.572. The van der Waals surface area contributed by atoms with Crippen LogP contribution in [0.5, 0.6) is 5.88 Å². The van der Waals surface area contributed by atoms with E-state index in [1.165, 1.54) is 51.4 Å². The Bertz CT molecular complexity index is 341. The third kappa shape index (κ3) is 7.93. The van der Waals surface area contributed by atoms with Gasteiger partial charge in [0.25, 0.3) is 0 Å². The van der Waals surface area contributed by atoms with E-state index in [9.17, 15) is 0 Å². The lowest BCUT2D eigenvalue weighted by Crippen LogP contribution is -2.19. The van der Waals surface area contributed by atoms with Crippen LogP contribution in [0.4, 0.5) is 5.69 Å². The minimum Gasteiger partial charge on any atom is -0.478 e. The highest BCUT2D eigenvalue weighted by atomic mass is 16.5. The Morgan fingerprint density at radius 1 is 1.00 bits per heavy atom. The molecule has 0 bridgehead atoms. The van der Waals surface area contributed by atoms with Gasteiger partial charge in [0.05, 0.1) is 18.5 Å². The first-order valence-corrected chi connectivity index (χ1v) is 8.65. The second kappa shape index (κ2) is 11.4. The van der Waals surface area contributed by atoms with Crippen LogP contribution in [0.1, 0.15) is 72.1 Å². The lowest BCUT2D eigenvalue weighted by atomic mass is 10.0. The maximum Gasteiger partial charge on any atom is 0.213 e. The van der Waals surface area contributed by atoms with Crippen LogP contribution in [0.25, 0.3) is 0 Å². The topological polar surface area (TPSA) is 34.1 Å². The zero-order valence-corrected chi connectivity index (χ0v) is 14.0. The molecule has 3 nitrogen and oxygen atoms in total. The first-order valence-electron chi connectivity index (χ1n) is 8.65. The van der Waals surface area contributed by atoms with E-state index in [4.69, 9.17) is 4.74 Å². The number of ether oxygens (including phenoxy) is 1. The van der Waals surface area contributed by atoms with Gasteiger partial charge in [-0.25, -0.2) is 4.98 Å². The van der Waals surface area contributed by atoms with Crippen molar-refractivity contribution in [2.75, 3.05) is 11.9 Å². The molecule has 120 valence electrons. The van der Waals surface area contributed by atoms with E-state index in [0.29, 0.717) is 18.5 Å². The normalized spacial score (nSPS) is 10.9. The van der Waals surface area contributed by atoms with Gasteiger partial charge in [-0.3, -0.25) is 0 Å². The minimum absolute atomic E-state index is 0.572. The summed E-state index contributed by atoms with van der Waals surface area (Å²) in [5, 5.41) is 3.65. The molecule has 1 aromatic rings. The molecule has 21 heavy (non-hydrogen) atoms. The lowest BCUT2D eigenvalue weighted by molar-refractivity contribution is 0.327. The molecule has 0 fully saturated rings. The predicted molar refractivity (Wildman–Crippen MR) is 91.1 cm³/mol. The largest absolute Gasteiger partial charge is 0.478 e. The van der Waals surface area contributed by atoms with Gasteiger partial charge < -0.3 is 10.1 Å². The van der Waals surface area contributed by atoms with Crippen LogP contribution in [-0.4, -0.2) is 17.6 Å². The maximum absolute atomic E-state index is 5.39. The molecule has 0 radical (unpaired) electrons. The Morgan fingerprint density at radius 3 is 2.14 bits per heavy atom. The summed E-state index contributed by atoms with van der Waals surface area (Å²) in [6, 6.07) is 4.59. The fourth-order valence-electron chi connectivity index (χ4n) is 2.50. The highest BCUT2D eigenvalue weighted by molar-refractivity contribution is 5.42. The molecule has 0 atom stereocenters. The van der Waals surface area contributed by atoms with Gasteiger partial charge in [-0.1, -0.05) is 52.4 Å². The van der Waals surface area contributed by atoms with Crippen molar-refractivity contribution in [3.05, 3.63) is 18.3 Å². The van der Waals surface area contributed by atoms with E-state index in [1.807, 2.05) is 19.2 Å². The number of unbranched alkanes of at least 4 members (excludes halogenated alkanes) is 4. The Morgan fingerprint density at radius 2 is 1.67 bits per heavy atom. The zero-order valence-electron chi connectivity index (χ0n) is 14.0. The second-order valence-corrected chi connectivity index (χ2v) is 5.65. The summed E-state index contributed by atoms with van der Waals surface area (Å²) in [6.45, 7) is 7.16. The van der Waals surface area contributed by atoms with Crippen molar-refractivity contribution in [1.29, 1.82) is 0 Å². The number of rotatable bonds is 12. The smallest absolute Gasteiger partial charge is 0.213 e. The number of pyridine rings is 1. The number of nitrogens with zero attached hydrogens (tertiary/aromatic N) is 1. The molecule has 0 saturated carbocycles. The summed E-state index contributed by atoms with van der Waals surface area (Å²) in [7, 11) is 0. The van der Waals surface area contributed by atoms with Gasteiger partial charge in [0.15, 0.2) is 0 Å². The van der Waals surface area contributed by atoms with Gasteiger partial charge in [-0.2, -0.15) is 0 Å². The van der Waals surface area contributed by atoms with E-state index in [1.54, 1.807) is 0 Å². The molecule has 0 unspecified atom stereocenters. The molecule has 1 aromatic heterocycles. The highest BCUT2D eigenvalue weighted by Crippen LogP contribution is 2.18. The van der Waals surface area contributed by atoms with Crippen molar-refractivity contribution in [3.63, 3.8) is 0 Å². The summed E-state index contributed by atoms with van der Waals surface area (Å²) in [5.41, 5.74) is 1.11. The molecule has 0 aliphatic heterocycles. The third-order valence-corrected chi connectivity index (χ3v) is 3.71. The van der Waals surface area contributed by atoms with Crippen LogP contribution in [0.2, 0.25) is 0 Å². The fraction of sp³-hybridized carbons (Fsp3) is 0.722. The zero-order chi connectivity index (χ0) is 15.3. The summed E-state index contributed by atoms with van der Waals surface area (Å²) in [4.78, 5) is 4.33. The van der Waals surface area contributed by atoms with E-state index < -0.39 is 0 Å². The van der Waals surface area contributed by atoms with Gasteiger partial charge in [-0.15, -0.1) is 0 Å². The molecule has 0 spiro atoms. The van der Waals surface area contributed by atoms with Gasteiger partial charge in [-0.05, 0) is 25.8 Å². The summed E-state index contributed by atoms with van der Waals surface area (Å²) >= 11 is 0. The SMILES string of the molecule is CCCCCC(CCCCC)Nc1ccc(OCC)nc1. The number of hydrogen-bond donors (Lipinski definition) is 1. The Kier molecular flexibility index (Phi) is 9.68. The molecule has 3 heteroatoms. The number of hydrogen-bond acceptors (Lipinski definition) is 3. The van der Waals surface area contributed by atoms with Crippen LogP contribution in [0.3, 0.4) is 0 Å². The molecular formula is C18H32N2O. The maximum atomic E-state index is 5.39. The van der Waals surface area contributed by atoms with Crippen molar-refractivity contribution in [1.82, 2.24) is 4.98 Å². The number of nitrogens with one attached hydrogen (secondary N) is 1. The predicted octanol–water partition coefficient (Wildman–Crippen LogP) is 5.42. The molecule has 1 heterocycles. The second-order valence-electron chi connectivity index (χ2n) is 5.65. The summed E-state index contributed by atoms with van der Waals surface area (Å²) < 4.78 is 5.39. The first-order chi connectivity index (χ1) is 10.3. The number of aromatic nitrogens is 1. The van der Waals surface area contributed by atoms with Crippen molar-refractivity contribution < 1.29 is 4.74 Å². The molecule has 0 aromatic carbocycles. The molecule has 0 aliphatic carbocycles. The van der Waals surface area contributed by atoms with Crippen molar-refractivity contribution >= 4 is 5.69 Å². The Balaban J connectivity index is 2.48. The lowest BCUT2D eigenvalue weighted by Gasteiger charge is -2.20. The highest BCUT2D eigenvalue weighted by Gasteiger charge is 2.08. The first kappa shape index (κ1) is 17.8. The molecule has 1 rings (SSSR count). The van der Waals surface area contributed by atoms with E-state index in [-0.39, 0.29) is 0 Å². The molecular weight excluding hydrogens is 260 g/mol. The van der Waals surface area contributed by atoms with E-state index >= 15 is 0 Å². The van der Waals surface area contributed by atoms with Gasteiger partial charge in [0, 0.05) is 12.1 Å². The standard InChI is InChI=1S/C18H32N2O/c1-4-7-9-11-16(12-10-8-5-2)20-17-13-14-18(19-15-17)21-6-3/h13-16,20H,4-12H2,1-3H3. The van der Waals surface area contributed by atoms with Crippen LogP contribution in [-0.2, 0) is 0 Å². The molecule has 0 aliphatic rings. The van der Waals surface area contributed by atoms with E-state index in [2.05, 4.69) is 30.2 Å². The third-order valence-electron chi connectivity index (χ3n) is 3.71. The van der Waals surface area contributed by atoms with Crippen LogP contribution in [0.15, 0.2) is 18.3 Å². The molecule has 1 N–H and O–H groups in total. The van der Waals surface area contributed by atoms with E-state index in [0.717, 1.165) is 5.69 Å². The van der Waals surface area contributed by atoms with Crippen LogP contribution < -0.4 is 10.1 Å². The van der Waals surface area contributed by atoms with Crippen molar-refractivity contribution in [2.24, 2.45) is 0 Å². The quantitative estimate of drug-likeness (QED) is 0.522. The Hall–Kier alpha value is -1.25. The van der Waals surface area contributed by atoms with Crippen molar-refractivity contribution in [3.8, 4) is 5.88 Å².